The van der Waals surface area contributed by atoms with Crippen LogP contribution in [0.15, 0.2) is 11.6 Å². The highest BCUT2D eigenvalue weighted by molar-refractivity contribution is 5.88. The Hall–Kier alpha value is -1.32. The van der Waals surface area contributed by atoms with Crippen molar-refractivity contribution in [2.75, 3.05) is 0 Å². The van der Waals surface area contributed by atoms with Gasteiger partial charge in [-0.25, -0.2) is 4.79 Å². The van der Waals surface area contributed by atoms with Gasteiger partial charge < -0.3 is 9.47 Å². The lowest BCUT2D eigenvalue weighted by Crippen LogP contribution is -2.33. The van der Waals surface area contributed by atoms with E-state index in [0.29, 0.717) is 11.8 Å². The number of ether oxygens (including phenoxy) is 2. The highest BCUT2D eigenvalue weighted by atomic mass is 16.5. The zero-order valence-electron chi connectivity index (χ0n) is 13.3. The smallest absolute Gasteiger partial charge is 0.333 e. The van der Waals surface area contributed by atoms with Crippen molar-refractivity contribution in [3.8, 4) is 0 Å². The first-order valence-electron chi connectivity index (χ1n) is 7.32. The summed E-state index contributed by atoms with van der Waals surface area (Å²) in [6, 6.07) is 0. The second-order valence-electron chi connectivity index (χ2n) is 6.08. The fraction of sp³-hybridized carbons (Fsp3) is 0.750. The molecule has 1 fully saturated rings. The number of carbonyl (C=O) groups is 2. The molecule has 4 nitrogen and oxygen atoms in total. The first-order valence-corrected chi connectivity index (χ1v) is 7.32. The third kappa shape index (κ3) is 4.36. The van der Waals surface area contributed by atoms with E-state index in [0.717, 1.165) is 12.0 Å². The lowest BCUT2D eigenvalue weighted by Gasteiger charge is -2.29. The predicted molar refractivity (Wildman–Crippen MR) is 77.0 cm³/mol. The number of cyclic esters (lactones) is 2. The average Bonchev–Trinajstić information content (AvgIpc) is 2.35. The average molecular weight is 282 g/mol. The standard InChI is InChI=1S/C8H14O2.C8H12O2/c2*1-5-4-6(2)8(9)10-7(5)3/h5-7H,4H2,1-3H3;4-5,7H,1-3H3/t5-,6+,7-;5-,7-/m11/s1. The second-order valence-corrected chi connectivity index (χ2v) is 6.08. The maximum absolute atomic E-state index is 10.9. The van der Waals surface area contributed by atoms with Crippen molar-refractivity contribution in [1.29, 1.82) is 0 Å². The van der Waals surface area contributed by atoms with Crippen molar-refractivity contribution in [3.05, 3.63) is 11.6 Å². The van der Waals surface area contributed by atoms with E-state index < -0.39 is 0 Å². The Morgan fingerprint density at radius 2 is 1.60 bits per heavy atom. The molecule has 1 saturated heterocycles. The minimum Gasteiger partial charge on any atom is -0.462 e. The zero-order valence-corrected chi connectivity index (χ0v) is 13.3. The fourth-order valence-electron chi connectivity index (χ4n) is 2.23. The largest absolute Gasteiger partial charge is 0.462 e. The van der Waals surface area contributed by atoms with Gasteiger partial charge in [-0.3, -0.25) is 4.79 Å². The fourth-order valence-corrected chi connectivity index (χ4v) is 2.23. The molecule has 0 aliphatic carbocycles. The molecule has 0 aromatic rings. The van der Waals surface area contributed by atoms with Gasteiger partial charge in [-0.15, -0.1) is 0 Å². The normalized spacial score (nSPS) is 37.1. The first kappa shape index (κ1) is 16.7. The molecule has 20 heavy (non-hydrogen) atoms. The number of esters is 2. The summed E-state index contributed by atoms with van der Waals surface area (Å²) in [5.41, 5.74) is 0.727. The Morgan fingerprint density at radius 3 is 2.10 bits per heavy atom. The molecule has 2 rings (SSSR count). The van der Waals surface area contributed by atoms with Crippen LogP contribution in [0.2, 0.25) is 0 Å². The molecule has 2 aliphatic rings. The van der Waals surface area contributed by atoms with Gasteiger partial charge in [0.05, 0.1) is 5.92 Å². The lowest BCUT2D eigenvalue weighted by molar-refractivity contribution is -0.162. The van der Waals surface area contributed by atoms with Gasteiger partial charge in [-0.1, -0.05) is 26.8 Å². The van der Waals surface area contributed by atoms with Crippen LogP contribution in [0.3, 0.4) is 0 Å². The lowest BCUT2D eigenvalue weighted by atomic mass is 9.91. The first-order chi connectivity index (χ1) is 9.22. The summed E-state index contributed by atoms with van der Waals surface area (Å²) in [4.78, 5) is 21.8. The SMILES string of the molecule is CC1=C[C@@H](C)[C@@H](C)OC1=O.C[C@@H]1C[C@H](C)C(=O)O[C@@H]1C. The summed E-state index contributed by atoms with van der Waals surface area (Å²) in [5, 5.41) is 0. The van der Waals surface area contributed by atoms with Crippen LogP contribution in [0.5, 0.6) is 0 Å². The van der Waals surface area contributed by atoms with Crippen molar-refractivity contribution < 1.29 is 19.1 Å². The molecular weight excluding hydrogens is 256 g/mol. The maximum atomic E-state index is 10.9. The summed E-state index contributed by atoms with van der Waals surface area (Å²) in [7, 11) is 0. The number of rotatable bonds is 0. The summed E-state index contributed by atoms with van der Waals surface area (Å²) >= 11 is 0. The van der Waals surface area contributed by atoms with Gasteiger partial charge >= 0.3 is 11.9 Å². The molecular formula is C16H26O4. The van der Waals surface area contributed by atoms with Gasteiger partial charge in [0.25, 0.3) is 0 Å². The monoisotopic (exact) mass is 282 g/mol. The minimum absolute atomic E-state index is 0.0365. The van der Waals surface area contributed by atoms with Gasteiger partial charge in [0.15, 0.2) is 0 Å². The van der Waals surface area contributed by atoms with Crippen LogP contribution in [-0.4, -0.2) is 24.1 Å². The summed E-state index contributed by atoms with van der Waals surface area (Å²) < 4.78 is 10.1. The molecule has 0 radical (unpaired) electrons. The topological polar surface area (TPSA) is 52.6 Å². The Morgan fingerprint density at radius 1 is 1.00 bits per heavy atom. The molecule has 5 atom stereocenters. The Balaban J connectivity index is 0.000000200. The summed E-state index contributed by atoms with van der Waals surface area (Å²) in [6.45, 7) is 11.7. The molecule has 0 aromatic heterocycles. The maximum Gasteiger partial charge on any atom is 0.333 e. The van der Waals surface area contributed by atoms with Gasteiger partial charge in [-0.2, -0.15) is 0 Å². The van der Waals surface area contributed by atoms with Crippen LogP contribution in [0.25, 0.3) is 0 Å². The minimum atomic E-state index is -0.175. The van der Waals surface area contributed by atoms with E-state index in [1.54, 1.807) is 6.92 Å². The van der Waals surface area contributed by atoms with Gasteiger partial charge in [0, 0.05) is 11.5 Å². The number of hydrogen-bond donors (Lipinski definition) is 0. The molecule has 0 spiro atoms. The highest BCUT2D eigenvalue weighted by Crippen LogP contribution is 2.24. The van der Waals surface area contributed by atoms with Crippen LogP contribution in [0, 0.1) is 17.8 Å². The molecule has 0 bridgehead atoms. The molecule has 114 valence electrons. The quantitative estimate of drug-likeness (QED) is 0.641. The van der Waals surface area contributed by atoms with E-state index in [4.69, 9.17) is 9.47 Å². The molecule has 2 heterocycles. The van der Waals surface area contributed by atoms with Crippen LogP contribution in [0.4, 0.5) is 0 Å². The van der Waals surface area contributed by atoms with Gasteiger partial charge in [0.2, 0.25) is 0 Å². The van der Waals surface area contributed by atoms with Crippen LogP contribution in [-0.2, 0) is 19.1 Å². The van der Waals surface area contributed by atoms with Crippen molar-refractivity contribution in [1.82, 2.24) is 0 Å². The Bertz CT molecular complexity index is 399. The molecule has 4 heteroatoms. The predicted octanol–water partition coefficient (Wildman–Crippen LogP) is 3.11. The third-order valence-electron chi connectivity index (χ3n) is 4.10. The molecule has 0 saturated carbocycles. The van der Waals surface area contributed by atoms with E-state index in [1.165, 1.54) is 0 Å². The Labute approximate surface area is 121 Å². The second kappa shape index (κ2) is 6.91. The zero-order chi connectivity index (χ0) is 15.4. The van der Waals surface area contributed by atoms with Gasteiger partial charge in [-0.05, 0) is 33.1 Å². The van der Waals surface area contributed by atoms with Crippen molar-refractivity contribution in [3.63, 3.8) is 0 Å². The molecule has 2 aliphatic heterocycles. The molecule has 0 aromatic carbocycles. The van der Waals surface area contributed by atoms with E-state index in [2.05, 4.69) is 6.92 Å². The third-order valence-corrected chi connectivity index (χ3v) is 4.10. The van der Waals surface area contributed by atoms with E-state index in [9.17, 15) is 9.59 Å². The van der Waals surface area contributed by atoms with Crippen LogP contribution < -0.4 is 0 Å². The number of carbonyl (C=O) groups excluding carboxylic acids is 2. The number of hydrogen-bond acceptors (Lipinski definition) is 4. The Kier molecular flexibility index (Phi) is 5.78. The van der Waals surface area contributed by atoms with E-state index in [1.807, 2.05) is 33.8 Å². The van der Waals surface area contributed by atoms with Gasteiger partial charge in [0.1, 0.15) is 12.2 Å². The van der Waals surface area contributed by atoms with Crippen molar-refractivity contribution in [2.45, 2.75) is 60.2 Å². The van der Waals surface area contributed by atoms with Crippen molar-refractivity contribution in [2.24, 2.45) is 17.8 Å². The summed E-state index contributed by atoms with van der Waals surface area (Å²) in [5.74, 6) is 0.771. The van der Waals surface area contributed by atoms with Crippen molar-refractivity contribution >= 4 is 11.9 Å². The summed E-state index contributed by atoms with van der Waals surface area (Å²) in [6.07, 6.45) is 3.08. The van der Waals surface area contributed by atoms with Crippen LogP contribution in [0.1, 0.15) is 48.0 Å². The van der Waals surface area contributed by atoms with E-state index >= 15 is 0 Å². The van der Waals surface area contributed by atoms with Crippen LogP contribution >= 0.6 is 0 Å². The molecule has 0 amide bonds. The molecule has 0 N–H and O–H groups in total. The highest BCUT2D eigenvalue weighted by Gasteiger charge is 2.29. The molecule has 0 unspecified atom stereocenters. The van der Waals surface area contributed by atoms with E-state index in [-0.39, 0.29) is 30.1 Å².